The molecule has 0 aromatic carbocycles. The molecule has 0 radical (unpaired) electrons. The molecule has 0 amide bonds. The molecular weight excluding hydrogens is 126 g/mol. The molecule has 0 bridgehead atoms. The molecule has 0 aromatic heterocycles. The largest absolute Gasteiger partial charge is 0.374 e. The highest BCUT2D eigenvalue weighted by molar-refractivity contribution is 4.66. The van der Waals surface area contributed by atoms with Crippen LogP contribution in [0.5, 0.6) is 0 Å². The van der Waals surface area contributed by atoms with E-state index in [1.165, 1.54) is 13.0 Å². The first-order chi connectivity index (χ1) is 4.68. The lowest BCUT2D eigenvalue weighted by Crippen LogP contribution is -2.26. The topological polar surface area (TPSA) is 12.5 Å². The predicted molar refractivity (Wildman–Crippen MR) is 42.1 cm³/mol. The highest BCUT2D eigenvalue weighted by atomic mass is 16.5. The number of hydrogen-bond donors (Lipinski definition) is 0. The first-order valence-electron chi connectivity index (χ1n) is 4.02. The van der Waals surface area contributed by atoms with Crippen molar-refractivity contribution < 1.29 is 4.74 Å². The summed E-state index contributed by atoms with van der Waals surface area (Å²) in [6, 6.07) is 0. The SMILES string of the molecule is C[C@@H]1CN(C)CC[C@H](C)O1. The van der Waals surface area contributed by atoms with Crippen molar-refractivity contribution in [3.8, 4) is 0 Å². The van der Waals surface area contributed by atoms with Crippen molar-refractivity contribution in [2.75, 3.05) is 20.1 Å². The van der Waals surface area contributed by atoms with Gasteiger partial charge in [0.15, 0.2) is 0 Å². The van der Waals surface area contributed by atoms with Gasteiger partial charge in [-0.05, 0) is 27.3 Å². The Morgan fingerprint density at radius 3 is 2.70 bits per heavy atom. The Kier molecular flexibility index (Phi) is 2.69. The summed E-state index contributed by atoms with van der Waals surface area (Å²) >= 11 is 0. The summed E-state index contributed by atoms with van der Waals surface area (Å²) in [6.07, 6.45) is 2.02. The third-order valence-electron chi connectivity index (χ3n) is 1.95. The lowest BCUT2D eigenvalue weighted by molar-refractivity contribution is 0.0155. The van der Waals surface area contributed by atoms with Crippen molar-refractivity contribution in [2.24, 2.45) is 0 Å². The van der Waals surface area contributed by atoms with Gasteiger partial charge in [0.25, 0.3) is 0 Å². The van der Waals surface area contributed by atoms with E-state index in [2.05, 4.69) is 25.8 Å². The predicted octanol–water partition coefficient (Wildman–Crippen LogP) is 1.12. The number of rotatable bonds is 0. The van der Waals surface area contributed by atoms with Gasteiger partial charge >= 0.3 is 0 Å². The number of likely N-dealkylation sites (N-methyl/N-ethyl adjacent to an activating group) is 1. The van der Waals surface area contributed by atoms with Crippen LogP contribution < -0.4 is 0 Å². The minimum atomic E-state index is 0.405. The quantitative estimate of drug-likeness (QED) is 0.504. The Morgan fingerprint density at radius 1 is 1.30 bits per heavy atom. The lowest BCUT2D eigenvalue weighted by atomic mass is 10.3. The van der Waals surface area contributed by atoms with Crippen molar-refractivity contribution in [1.82, 2.24) is 4.90 Å². The molecule has 0 spiro atoms. The Labute approximate surface area is 63.2 Å². The minimum Gasteiger partial charge on any atom is -0.374 e. The number of ether oxygens (including phenoxy) is 1. The van der Waals surface area contributed by atoms with Gasteiger partial charge in [0.2, 0.25) is 0 Å². The summed E-state index contributed by atoms with van der Waals surface area (Å²) < 4.78 is 5.64. The van der Waals surface area contributed by atoms with E-state index in [0.29, 0.717) is 12.2 Å². The van der Waals surface area contributed by atoms with Crippen molar-refractivity contribution in [3.63, 3.8) is 0 Å². The summed E-state index contributed by atoms with van der Waals surface area (Å²) in [5, 5.41) is 0. The monoisotopic (exact) mass is 143 g/mol. The van der Waals surface area contributed by atoms with E-state index < -0.39 is 0 Å². The Bertz CT molecular complexity index is 93.4. The number of nitrogens with zero attached hydrogens (tertiary/aromatic N) is 1. The van der Waals surface area contributed by atoms with E-state index in [1.54, 1.807) is 0 Å². The average molecular weight is 143 g/mol. The summed E-state index contributed by atoms with van der Waals surface area (Å²) in [5.41, 5.74) is 0. The molecule has 0 unspecified atom stereocenters. The van der Waals surface area contributed by atoms with Gasteiger partial charge in [-0.25, -0.2) is 0 Å². The zero-order valence-electron chi connectivity index (χ0n) is 7.13. The molecule has 2 nitrogen and oxygen atoms in total. The van der Waals surface area contributed by atoms with Gasteiger partial charge < -0.3 is 9.64 Å². The van der Waals surface area contributed by atoms with E-state index in [1.807, 2.05) is 0 Å². The minimum absolute atomic E-state index is 0.405. The molecule has 0 N–H and O–H groups in total. The fourth-order valence-electron chi connectivity index (χ4n) is 1.44. The Morgan fingerprint density at radius 2 is 2.00 bits per heavy atom. The van der Waals surface area contributed by atoms with Crippen molar-refractivity contribution in [2.45, 2.75) is 32.5 Å². The third-order valence-corrected chi connectivity index (χ3v) is 1.95. The van der Waals surface area contributed by atoms with Gasteiger partial charge in [-0.2, -0.15) is 0 Å². The molecule has 10 heavy (non-hydrogen) atoms. The first-order valence-corrected chi connectivity index (χ1v) is 4.02. The van der Waals surface area contributed by atoms with Gasteiger partial charge in [0.1, 0.15) is 0 Å². The molecule has 1 fully saturated rings. The Hall–Kier alpha value is -0.0800. The first kappa shape index (κ1) is 8.02. The second-order valence-electron chi connectivity index (χ2n) is 3.31. The van der Waals surface area contributed by atoms with Gasteiger partial charge in [0.05, 0.1) is 12.2 Å². The van der Waals surface area contributed by atoms with Crippen LogP contribution in [0.1, 0.15) is 20.3 Å². The zero-order chi connectivity index (χ0) is 7.56. The van der Waals surface area contributed by atoms with Gasteiger partial charge in [-0.3, -0.25) is 0 Å². The molecule has 0 aliphatic carbocycles. The molecule has 1 heterocycles. The number of hydrogen-bond acceptors (Lipinski definition) is 2. The van der Waals surface area contributed by atoms with Crippen LogP contribution in [0.3, 0.4) is 0 Å². The highest BCUT2D eigenvalue weighted by Gasteiger charge is 2.15. The van der Waals surface area contributed by atoms with Crippen molar-refractivity contribution >= 4 is 0 Å². The van der Waals surface area contributed by atoms with Crippen LogP contribution in [0, 0.1) is 0 Å². The molecule has 2 heteroatoms. The highest BCUT2D eigenvalue weighted by Crippen LogP contribution is 2.08. The zero-order valence-corrected chi connectivity index (χ0v) is 7.13. The Balaban J connectivity index is 2.38. The smallest absolute Gasteiger partial charge is 0.0677 e. The molecule has 1 saturated heterocycles. The standard InChI is InChI=1S/C8H17NO/c1-7-4-5-9(3)6-8(2)10-7/h7-8H,4-6H2,1-3H3/t7-,8+/m0/s1. The van der Waals surface area contributed by atoms with Gasteiger partial charge in [-0.15, -0.1) is 0 Å². The lowest BCUT2D eigenvalue weighted by Gasteiger charge is -2.15. The van der Waals surface area contributed by atoms with E-state index in [4.69, 9.17) is 4.74 Å². The molecule has 1 aliphatic rings. The summed E-state index contributed by atoms with van der Waals surface area (Å²) in [4.78, 5) is 2.33. The normalized spacial score (nSPS) is 37.5. The average Bonchev–Trinajstić information content (AvgIpc) is 1.93. The maximum Gasteiger partial charge on any atom is 0.0677 e. The van der Waals surface area contributed by atoms with Crippen LogP contribution in [0.2, 0.25) is 0 Å². The van der Waals surface area contributed by atoms with Crippen LogP contribution in [-0.4, -0.2) is 37.2 Å². The summed E-state index contributed by atoms with van der Waals surface area (Å²) in [7, 11) is 2.15. The van der Waals surface area contributed by atoms with Crippen LogP contribution >= 0.6 is 0 Å². The van der Waals surface area contributed by atoms with Crippen LogP contribution in [0.25, 0.3) is 0 Å². The maximum atomic E-state index is 5.64. The van der Waals surface area contributed by atoms with Crippen molar-refractivity contribution in [3.05, 3.63) is 0 Å². The van der Waals surface area contributed by atoms with Crippen LogP contribution in [-0.2, 0) is 4.74 Å². The molecule has 0 aromatic rings. The van der Waals surface area contributed by atoms with E-state index in [9.17, 15) is 0 Å². The van der Waals surface area contributed by atoms with Crippen LogP contribution in [0.15, 0.2) is 0 Å². The maximum absolute atomic E-state index is 5.64. The molecule has 1 aliphatic heterocycles. The summed E-state index contributed by atoms with van der Waals surface area (Å²) in [6.45, 7) is 6.53. The second-order valence-corrected chi connectivity index (χ2v) is 3.31. The molecule has 2 atom stereocenters. The molecule has 60 valence electrons. The van der Waals surface area contributed by atoms with Crippen molar-refractivity contribution in [1.29, 1.82) is 0 Å². The van der Waals surface area contributed by atoms with E-state index >= 15 is 0 Å². The molecule has 0 saturated carbocycles. The molecule has 1 rings (SSSR count). The fourth-order valence-corrected chi connectivity index (χ4v) is 1.44. The van der Waals surface area contributed by atoms with E-state index in [-0.39, 0.29) is 0 Å². The van der Waals surface area contributed by atoms with Gasteiger partial charge in [0, 0.05) is 13.1 Å². The third kappa shape index (κ3) is 2.27. The second kappa shape index (κ2) is 3.35. The van der Waals surface area contributed by atoms with Gasteiger partial charge in [-0.1, -0.05) is 0 Å². The summed E-state index contributed by atoms with van der Waals surface area (Å²) in [5.74, 6) is 0. The van der Waals surface area contributed by atoms with E-state index in [0.717, 1.165) is 6.54 Å². The van der Waals surface area contributed by atoms with Crippen LogP contribution in [0.4, 0.5) is 0 Å². The fraction of sp³-hybridized carbons (Fsp3) is 1.00. The molecular formula is C8H17NO.